The van der Waals surface area contributed by atoms with Crippen molar-refractivity contribution in [2.24, 2.45) is 0 Å². The van der Waals surface area contributed by atoms with Gasteiger partial charge in [-0.3, -0.25) is 15.3 Å². The largest absolute Gasteiger partial charge is 2.00 e. The van der Waals surface area contributed by atoms with E-state index in [1.54, 1.807) is 11.8 Å². The third kappa shape index (κ3) is 34.4. The van der Waals surface area contributed by atoms with Gasteiger partial charge in [-0.1, -0.05) is 232 Å². The molecule has 0 aromatic heterocycles. The van der Waals surface area contributed by atoms with Crippen molar-refractivity contribution in [2.45, 2.75) is 106 Å². The molecule has 6 aliphatic rings. The van der Waals surface area contributed by atoms with Crippen LogP contribution in [0.25, 0.3) is 0 Å². The second-order valence-corrected chi connectivity index (χ2v) is 46.3. The zero-order valence-electron chi connectivity index (χ0n) is 74.4. The van der Waals surface area contributed by atoms with Gasteiger partial charge in [-0.15, -0.1) is 12.6 Å². The molecule has 35 heteroatoms. The molecule has 22 rings (SSSR count). The summed E-state index contributed by atoms with van der Waals surface area (Å²) < 4.78 is 128. The van der Waals surface area contributed by atoms with Gasteiger partial charge >= 0.3 is 75.1 Å². The predicted octanol–water partition coefficient (Wildman–Crippen LogP) is 15.9. The monoisotopic (exact) mass is 2160 g/mol. The molecule has 16 aromatic carbocycles. The van der Waals surface area contributed by atoms with Gasteiger partial charge in [0.2, 0.25) is 35.3 Å². The van der Waals surface area contributed by atoms with E-state index in [2.05, 4.69) is 202 Å². The number of benzene rings is 16. The van der Waals surface area contributed by atoms with Crippen molar-refractivity contribution in [3.63, 3.8) is 0 Å². The number of rotatable bonds is 5. The minimum Gasteiger partial charge on any atom is -1.00 e. The molecule has 706 valence electrons. The molecule has 0 saturated carbocycles. The van der Waals surface area contributed by atoms with Crippen molar-refractivity contribution in [1.29, 1.82) is 0 Å². The Bertz CT molecular complexity index is 6010. The van der Waals surface area contributed by atoms with Crippen LogP contribution in [0.15, 0.2) is 486 Å². The molecule has 16 aromatic rings. The third-order valence-electron chi connectivity index (χ3n) is 17.9. The molecule has 0 atom stereocenters. The summed E-state index contributed by atoms with van der Waals surface area (Å²) in [4.78, 5) is 35.1. The van der Waals surface area contributed by atoms with E-state index in [9.17, 15) is 30.8 Å². The van der Waals surface area contributed by atoms with Crippen LogP contribution in [0.4, 0.5) is 17.6 Å². The summed E-state index contributed by atoms with van der Waals surface area (Å²) in [6.07, 6.45) is -2.57. The zero-order valence-corrected chi connectivity index (χ0v) is 88.4. The second-order valence-electron chi connectivity index (χ2n) is 28.6. The number of carbonyl (C=O) groups is 2. The van der Waals surface area contributed by atoms with E-state index in [1.165, 1.54) is 53.9 Å². The minimum absolute atomic E-state index is 0. The maximum atomic E-state index is 12.1. The van der Waals surface area contributed by atoms with Gasteiger partial charge in [-0.05, 0) is 182 Å². The van der Waals surface area contributed by atoms with E-state index in [1.807, 2.05) is 237 Å². The summed E-state index contributed by atoms with van der Waals surface area (Å²) in [5.41, 5.74) is 0. The van der Waals surface area contributed by atoms with Crippen molar-refractivity contribution < 1.29 is 169 Å². The SMILES string of the molecule is CC(F)(F)C(=O)O.C[Si](C)(C)Cl.O=C(O)[C-](F)F.O=S(=O)=O.O=S1c2ccccc2Oc2ccccc21.O=S1c2ccccc2Oc2ccccc21.OO.[Br-].[Cl-].[Cl-].[Mg+2].[Na+].[c-]1ccccc1.c1ccc([S+]2c3ccccc3Oc3ccccc32)cc1.c1ccc([S+]2c3ccccc3Oc3ccccc32)cc1.c1ccc([S+]2c3ccccc3Oc3ccccc32)cc1.c1ccc2c(c1)Oc1ccccc1S2. The fraction of sp³-hybridized carbons (Fsp3) is 0.0481. The topological polar surface area (TPSA) is 256 Å². The molecule has 0 bridgehead atoms. The van der Waals surface area contributed by atoms with Gasteiger partial charge in [-0.25, -0.2) is 13.2 Å². The van der Waals surface area contributed by atoms with E-state index < -0.39 is 63.9 Å². The molecule has 0 fully saturated rings. The molecule has 0 aliphatic carbocycles. The smallest absolute Gasteiger partial charge is 1.00 e. The summed E-state index contributed by atoms with van der Waals surface area (Å²) in [6, 6.07) is 140. The summed E-state index contributed by atoms with van der Waals surface area (Å²) >= 11 is 7.43. The van der Waals surface area contributed by atoms with Crippen LogP contribution in [0.3, 0.4) is 0 Å². The molecule has 0 spiro atoms. The fourth-order valence-electron chi connectivity index (χ4n) is 12.4. The van der Waals surface area contributed by atoms with Gasteiger partial charge < -0.3 is 89.2 Å². The van der Waals surface area contributed by atoms with Crippen LogP contribution in [0, 0.1) is 12.5 Å². The first-order valence-electron chi connectivity index (χ1n) is 40.4. The molecule has 6 heterocycles. The molecule has 17 nitrogen and oxygen atoms in total. The van der Waals surface area contributed by atoms with E-state index in [4.69, 9.17) is 77.6 Å². The van der Waals surface area contributed by atoms with Crippen molar-refractivity contribution in [1.82, 2.24) is 0 Å². The minimum atomic E-state index is -3.58. The van der Waals surface area contributed by atoms with Crippen LogP contribution < -0.4 is 99.8 Å². The Morgan fingerprint density at radius 1 is 0.360 bits per heavy atom. The average molecular weight is 2170 g/mol. The number of hydrogen-bond acceptors (Lipinski definition) is 16. The molecule has 139 heavy (non-hydrogen) atoms. The first-order chi connectivity index (χ1) is 64.8. The number of para-hydroxylation sites is 12. The standard InChI is InChI=1S/3C18H13OS.2C12H8O2S.C12H8OS.C6H5.C3H9ClSi.C3H4F2O2.C2HF2O2.BrH.2ClH.Mg.Na.O3S.H2O2/c3*1-2-8-14(9-3-1)20-17-12-6-4-10-15(17)19-16-11-5-7-13-18(16)20;2*13-15-11-7-3-1-5-9(11)14-10-6-2-4-8-12(10)15;1-3-7-11-9(5-1)13-10-6-2-4-8-12(10)14-11;1-2-4-6-5-3-1;1-5(2,3)4;1-3(4,5)2(6)7;3-1(4)2(5)6;;;;;;1-4(2)3;1-2/h3*1-13H;2*1-8H;1-8H;1-5H;1-3H3;1H3,(H,6,7);(H,5,6);3*1H;;;;1-2H/q3*+1;;;;-1;;;-1;;;;+2;+1;;/p-3. The quantitative estimate of drug-likeness (QED) is 0.0237. The first-order valence-corrected chi connectivity index (χ1v) is 52.7. The Balaban J connectivity index is 0.000000241. The average Bonchev–Trinajstić information content (AvgIpc) is 0.776. The van der Waals surface area contributed by atoms with E-state index >= 15 is 0 Å². The molecule has 0 radical (unpaired) electrons. The normalized spacial score (nSPS) is 11.8. The molecular weight excluding hydrogens is 2080 g/mol. The van der Waals surface area contributed by atoms with E-state index in [0.29, 0.717) is 29.9 Å². The number of aliphatic carboxylic acids is 2. The second kappa shape index (κ2) is 59.2. The molecule has 4 N–H and O–H groups in total. The van der Waals surface area contributed by atoms with E-state index in [-0.39, 0.29) is 127 Å². The van der Waals surface area contributed by atoms with Crippen LogP contribution in [0.1, 0.15) is 6.92 Å². The Kier molecular flexibility index (Phi) is 49.9. The molecule has 0 amide bonds. The Morgan fingerprint density at radius 2 is 0.525 bits per heavy atom. The van der Waals surface area contributed by atoms with Gasteiger partial charge in [-0.2, -0.15) is 56.3 Å². The first kappa shape index (κ1) is 117. The summed E-state index contributed by atoms with van der Waals surface area (Å²) in [5.74, 6) is 2.66. The van der Waals surface area contributed by atoms with Crippen molar-refractivity contribution in [3.8, 4) is 69.0 Å². The Labute approximate surface area is 889 Å². The molecule has 0 unspecified atom stereocenters. The van der Waals surface area contributed by atoms with E-state index in [0.717, 1.165) is 65.6 Å². The number of alkyl halides is 2. The van der Waals surface area contributed by atoms with Crippen LogP contribution >= 0.6 is 22.8 Å². The number of carboxylic acid groups (broad SMARTS) is 2. The Morgan fingerprint density at radius 3 is 0.719 bits per heavy atom. The number of ether oxygens (including phenoxy) is 6. The van der Waals surface area contributed by atoms with Crippen LogP contribution in [-0.4, -0.2) is 90.1 Å². The maximum Gasteiger partial charge on any atom is 2.00 e. The number of fused-ring (bicyclic) bond motifs is 12. The number of hydrogen-bond donors (Lipinski definition) is 4. The maximum absolute atomic E-state index is 12.1. The summed E-state index contributed by atoms with van der Waals surface area (Å²) in [6.45, 7) is 6.60. The summed E-state index contributed by atoms with van der Waals surface area (Å²) in [5, 5.41) is 26.7. The van der Waals surface area contributed by atoms with Crippen LogP contribution in [0.2, 0.25) is 19.6 Å². The molecular formula is C104H84BrCl3F4MgNaO17S7Si+. The zero-order chi connectivity index (χ0) is 95.5. The number of halogens is 8. The van der Waals surface area contributed by atoms with Gasteiger partial charge in [0.15, 0.2) is 49.2 Å². The predicted molar refractivity (Wildman–Crippen MR) is 524 cm³/mol. The summed E-state index contributed by atoms with van der Waals surface area (Å²) in [7, 11) is -6.73. The van der Waals surface area contributed by atoms with Crippen molar-refractivity contribution >= 4 is 130 Å². The van der Waals surface area contributed by atoms with Gasteiger partial charge in [0, 0.05) is 13.3 Å². The number of carboxylic acids is 2. The van der Waals surface area contributed by atoms with Crippen molar-refractivity contribution in [3.05, 3.63) is 425 Å². The molecule has 0 saturated heterocycles. The third-order valence-corrected chi connectivity index (χ3v) is 28.9. The Hall–Kier alpha value is -10.6. The van der Waals surface area contributed by atoms with Crippen molar-refractivity contribution in [2.75, 3.05) is 0 Å². The van der Waals surface area contributed by atoms with Gasteiger partial charge in [0.05, 0.1) is 51.0 Å². The van der Waals surface area contributed by atoms with Crippen LogP contribution in [-0.2, 0) is 74.5 Å². The van der Waals surface area contributed by atoms with Crippen LogP contribution in [0.5, 0.6) is 69.0 Å². The van der Waals surface area contributed by atoms with Gasteiger partial charge in [0.1, 0.15) is 74.6 Å². The fourth-order valence-corrected chi connectivity index (χ4v) is 22.5. The molecule has 6 aliphatic heterocycles. The van der Waals surface area contributed by atoms with Gasteiger partial charge in [0.25, 0.3) is 0 Å².